The van der Waals surface area contributed by atoms with E-state index in [2.05, 4.69) is 17.2 Å². The zero-order chi connectivity index (χ0) is 15.2. The summed E-state index contributed by atoms with van der Waals surface area (Å²) in [6.07, 6.45) is 0. The summed E-state index contributed by atoms with van der Waals surface area (Å²) in [5.41, 5.74) is 0.357. The van der Waals surface area contributed by atoms with Gasteiger partial charge in [0.05, 0.1) is 16.4 Å². The number of carbonyl (C=O) groups is 1. The molecular weight excluding hydrogens is 313 g/mol. The quantitative estimate of drug-likeness (QED) is 0.853. The lowest BCUT2D eigenvalue weighted by atomic mass is 10.1. The molecule has 1 aromatic carbocycles. The smallest absolute Gasteiger partial charge is 0.251 e. The lowest BCUT2D eigenvalue weighted by Gasteiger charge is -2.04. The van der Waals surface area contributed by atoms with Crippen molar-refractivity contribution >= 4 is 28.8 Å². The lowest BCUT2D eigenvalue weighted by molar-refractivity contribution is 0.0951. The van der Waals surface area contributed by atoms with Crippen LogP contribution >= 0.6 is 22.9 Å². The van der Waals surface area contributed by atoms with Crippen molar-refractivity contribution in [3.05, 3.63) is 56.5 Å². The molecule has 0 saturated carbocycles. The van der Waals surface area contributed by atoms with Crippen molar-refractivity contribution in [2.24, 2.45) is 0 Å². The fourth-order valence-electron chi connectivity index (χ4n) is 1.61. The molecule has 2 rings (SSSR count). The van der Waals surface area contributed by atoms with E-state index < -0.39 is 5.82 Å². The van der Waals surface area contributed by atoms with E-state index in [-0.39, 0.29) is 23.6 Å². The van der Waals surface area contributed by atoms with Crippen LogP contribution < -0.4 is 5.32 Å². The third kappa shape index (κ3) is 4.30. The molecule has 108 valence electrons. The molecule has 1 amide bonds. The Kier molecular flexibility index (Phi) is 5.34. The standard InChI is InChI=1S/C15H11ClFNO2S/c16-14-6-5-12(21-14)9-18-15(20)11-4-3-10(2-1-7-19)13(17)8-11/h3-6,8,19H,7,9H2,(H,18,20). The molecule has 0 fully saturated rings. The van der Waals surface area contributed by atoms with Gasteiger partial charge in [0.2, 0.25) is 0 Å². The second-order valence-electron chi connectivity index (χ2n) is 4.04. The van der Waals surface area contributed by atoms with Gasteiger partial charge in [-0.15, -0.1) is 11.3 Å². The second-order valence-corrected chi connectivity index (χ2v) is 5.84. The van der Waals surface area contributed by atoms with Crippen LogP contribution in [0.4, 0.5) is 4.39 Å². The molecule has 2 N–H and O–H groups in total. The van der Waals surface area contributed by atoms with Gasteiger partial charge in [-0.25, -0.2) is 4.39 Å². The molecular formula is C15H11ClFNO2S. The summed E-state index contributed by atoms with van der Waals surface area (Å²) >= 11 is 7.17. The maximum absolute atomic E-state index is 13.7. The highest BCUT2D eigenvalue weighted by Gasteiger charge is 2.09. The first kappa shape index (κ1) is 15.5. The molecule has 1 heterocycles. The first-order valence-electron chi connectivity index (χ1n) is 6.02. The number of nitrogens with one attached hydrogen (secondary N) is 1. The van der Waals surface area contributed by atoms with Gasteiger partial charge in [-0.3, -0.25) is 4.79 Å². The summed E-state index contributed by atoms with van der Waals surface area (Å²) in [4.78, 5) is 12.8. The van der Waals surface area contributed by atoms with E-state index in [0.717, 1.165) is 10.9 Å². The Morgan fingerprint density at radius 2 is 2.19 bits per heavy atom. The molecule has 0 spiro atoms. The number of halogens is 2. The normalized spacial score (nSPS) is 9.86. The summed E-state index contributed by atoms with van der Waals surface area (Å²) in [7, 11) is 0. The molecule has 0 radical (unpaired) electrons. The van der Waals surface area contributed by atoms with Crippen molar-refractivity contribution in [1.82, 2.24) is 5.32 Å². The van der Waals surface area contributed by atoms with Crippen LogP contribution in [-0.2, 0) is 6.54 Å². The van der Waals surface area contributed by atoms with Crippen molar-refractivity contribution in [3.63, 3.8) is 0 Å². The van der Waals surface area contributed by atoms with Crippen LogP contribution in [0.2, 0.25) is 4.34 Å². The van der Waals surface area contributed by atoms with Gasteiger partial charge in [-0.1, -0.05) is 23.4 Å². The molecule has 0 atom stereocenters. The van der Waals surface area contributed by atoms with E-state index in [1.807, 2.05) is 6.07 Å². The Balaban J connectivity index is 2.04. The fraction of sp³-hybridized carbons (Fsp3) is 0.133. The maximum atomic E-state index is 13.7. The summed E-state index contributed by atoms with van der Waals surface area (Å²) < 4.78 is 14.4. The average molecular weight is 324 g/mol. The number of thiophene rings is 1. The largest absolute Gasteiger partial charge is 0.384 e. The molecule has 1 aromatic heterocycles. The maximum Gasteiger partial charge on any atom is 0.251 e. The van der Waals surface area contributed by atoms with Gasteiger partial charge < -0.3 is 10.4 Å². The van der Waals surface area contributed by atoms with Crippen LogP contribution in [0.15, 0.2) is 30.3 Å². The van der Waals surface area contributed by atoms with Crippen LogP contribution in [0.5, 0.6) is 0 Å². The van der Waals surface area contributed by atoms with Crippen molar-refractivity contribution in [3.8, 4) is 11.8 Å². The fourth-order valence-corrected chi connectivity index (χ4v) is 2.64. The number of amides is 1. The molecule has 3 nitrogen and oxygen atoms in total. The third-order valence-corrected chi connectivity index (χ3v) is 3.82. The Morgan fingerprint density at radius 1 is 1.38 bits per heavy atom. The number of hydrogen-bond donors (Lipinski definition) is 2. The van der Waals surface area contributed by atoms with Gasteiger partial charge in [0.15, 0.2) is 0 Å². The second kappa shape index (κ2) is 7.23. The van der Waals surface area contributed by atoms with E-state index in [9.17, 15) is 9.18 Å². The van der Waals surface area contributed by atoms with Crippen molar-refractivity contribution in [1.29, 1.82) is 0 Å². The van der Waals surface area contributed by atoms with Gasteiger partial charge in [-0.05, 0) is 30.3 Å². The monoisotopic (exact) mass is 323 g/mol. The summed E-state index contributed by atoms with van der Waals surface area (Å²) in [6.45, 7) is -0.00500. The SMILES string of the molecule is O=C(NCc1ccc(Cl)s1)c1ccc(C#CCO)c(F)c1. The Morgan fingerprint density at radius 3 is 2.81 bits per heavy atom. The number of benzene rings is 1. The molecule has 0 bridgehead atoms. The molecule has 0 aliphatic rings. The number of rotatable bonds is 3. The van der Waals surface area contributed by atoms with E-state index in [1.165, 1.54) is 23.5 Å². The van der Waals surface area contributed by atoms with Crippen molar-refractivity contribution < 1.29 is 14.3 Å². The van der Waals surface area contributed by atoms with Crippen LogP contribution in [0.3, 0.4) is 0 Å². The predicted octanol–water partition coefficient (Wildman–Crippen LogP) is 2.81. The number of hydrogen-bond acceptors (Lipinski definition) is 3. The first-order valence-corrected chi connectivity index (χ1v) is 7.21. The molecule has 0 saturated heterocycles. The summed E-state index contributed by atoms with van der Waals surface area (Å²) in [6, 6.07) is 7.59. The Labute approximate surface area is 130 Å². The lowest BCUT2D eigenvalue weighted by Crippen LogP contribution is -2.22. The first-order chi connectivity index (χ1) is 10.1. The van der Waals surface area contributed by atoms with Gasteiger partial charge in [0, 0.05) is 10.4 Å². The average Bonchev–Trinajstić information content (AvgIpc) is 2.89. The minimum absolute atomic E-state index is 0.144. The van der Waals surface area contributed by atoms with Gasteiger partial charge in [0.25, 0.3) is 5.91 Å². The topological polar surface area (TPSA) is 49.3 Å². The van der Waals surface area contributed by atoms with E-state index in [0.29, 0.717) is 10.9 Å². The van der Waals surface area contributed by atoms with E-state index >= 15 is 0 Å². The van der Waals surface area contributed by atoms with Crippen molar-refractivity contribution in [2.45, 2.75) is 6.54 Å². The molecule has 21 heavy (non-hydrogen) atoms. The summed E-state index contributed by atoms with van der Waals surface area (Å²) in [5, 5.41) is 11.3. The van der Waals surface area contributed by atoms with Crippen molar-refractivity contribution in [2.75, 3.05) is 6.61 Å². The van der Waals surface area contributed by atoms with Crippen LogP contribution in [0, 0.1) is 17.7 Å². The molecule has 0 aliphatic heterocycles. The number of aliphatic hydroxyl groups excluding tert-OH is 1. The Bertz CT molecular complexity index is 718. The zero-order valence-electron chi connectivity index (χ0n) is 10.8. The number of carbonyl (C=O) groups excluding carboxylic acids is 1. The van der Waals surface area contributed by atoms with Crippen LogP contribution in [0.25, 0.3) is 0 Å². The summed E-state index contributed by atoms with van der Waals surface area (Å²) in [5.74, 6) is 3.86. The molecule has 0 aliphatic carbocycles. The zero-order valence-corrected chi connectivity index (χ0v) is 12.4. The minimum atomic E-state index is -0.595. The minimum Gasteiger partial charge on any atom is -0.384 e. The highest BCUT2D eigenvalue weighted by atomic mass is 35.5. The van der Waals surface area contributed by atoms with E-state index in [1.54, 1.807) is 6.07 Å². The molecule has 0 unspecified atom stereocenters. The van der Waals surface area contributed by atoms with Gasteiger partial charge in [-0.2, -0.15) is 0 Å². The highest BCUT2D eigenvalue weighted by Crippen LogP contribution is 2.21. The van der Waals surface area contributed by atoms with Crippen LogP contribution in [-0.4, -0.2) is 17.6 Å². The van der Waals surface area contributed by atoms with Gasteiger partial charge in [0.1, 0.15) is 12.4 Å². The third-order valence-electron chi connectivity index (χ3n) is 2.59. The van der Waals surface area contributed by atoms with Gasteiger partial charge >= 0.3 is 0 Å². The highest BCUT2D eigenvalue weighted by molar-refractivity contribution is 7.16. The van der Waals surface area contributed by atoms with E-state index in [4.69, 9.17) is 16.7 Å². The molecule has 6 heteroatoms. The predicted molar refractivity (Wildman–Crippen MR) is 80.9 cm³/mol. The van der Waals surface area contributed by atoms with Crippen LogP contribution in [0.1, 0.15) is 20.8 Å². The molecule has 2 aromatic rings. The number of aliphatic hydroxyl groups is 1. The Hall–Kier alpha value is -1.87.